The van der Waals surface area contributed by atoms with Crippen LogP contribution >= 0.6 is 0 Å². The first-order valence-corrected chi connectivity index (χ1v) is 10.7. The lowest BCUT2D eigenvalue weighted by molar-refractivity contribution is -0.110. The summed E-state index contributed by atoms with van der Waals surface area (Å²) in [4.78, 5) is 12.0. The van der Waals surface area contributed by atoms with Gasteiger partial charge in [0.15, 0.2) is 5.78 Å². The third-order valence-electron chi connectivity index (χ3n) is 8.28. The Balaban J connectivity index is 1.75. The molecule has 0 aromatic rings. The van der Waals surface area contributed by atoms with Crippen molar-refractivity contribution in [3.05, 3.63) is 47.6 Å². The summed E-state index contributed by atoms with van der Waals surface area (Å²) in [5.74, 6) is 2.31. The monoisotopic (exact) mass is 350 g/mol. The number of hydrogen-bond donors (Lipinski definition) is 0. The first-order chi connectivity index (χ1) is 12.4. The van der Waals surface area contributed by atoms with Crippen LogP contribution < -0.4 is 0 Å². The van der Waals surface area contributed by atoms with Crippen LogP contribution in [0.2, 0.25) is 0 Å². The number of allylic oxidation sites excluding steroid dienone is 7. The highest BCUT2D eigenvalue weighted by Crippen LogP contribution is 2.63. The van der Waals surface area contributed by atoms with Gasteiger partial charge in [-0.25, -0.2) is 0 Å². The number of carbonyl (C=O) groups is 1. The second kappa shape index (κ2) is 6.36. The molecule has 1 heteroatoms. The minimum Gasteiger partial charge on any atom is -0.290 e. The molecule has 4 aliphatic rings. The Bertz CT molecular complexity index is 720. The standard InChI is InChI=1S/C25H34O/c1-5-13-25-17(2)6-8-19-16-24(4)14-12-21(26)15-20(24)9-10-22(19)23(25)11-7-18(25)3/h8,12,14-15,17,22-23H,3,5-7,9-11,13,16H2,1-2,4H3/t17-,22?,23?,24?,25-/m1/s1. The van der Waals surface area contributed by atoms with Gasteiger partial charge in [0.25, 0.3) is 0 Å². The van der Waals surface area contributed by atoms with Crippen molar-refractivity contribution in [1.29, 1.82) is 0 Å². The molecule has 140 valence electrons. The summed E-state index contributed by atoms with van der Waals surface area (Å²) in [6, 6.07) is 0. The van der Waals surface area contributed by atoms with Gasteiger partial charge in [-0.1, -0.05) is 62.6 Å². The van der Waals surface area contributed by atoms with Crippen molar-refractivity contribution in [3.63, 3.8) is 0 Å². The summed E-state index contributed by atoms with van der Waals surface area (Å²) in [5, 5.41) is 0. The molecule has 1 nitrogen and oxygen atoms in total. The van der Waals surface area contributed by atoms with E-state index in [1.54, 1.807) is 11.6 Å². The van der Waals surface area contributed by atoms with Crippen LogP contribution in [0.15, 0.2) is 47.6 Å². The van der Waals surface area contributed by atoms with Gasteiger partial charge in [-0.3, -0.25) is 4.79 Å². The van der Waals surface area contributed by atoms with Gasteiger partial charge in [-0.2, -0.15) is 0 Å². The molecule has 3 unspecified atom stereocenters. The predicted molar refractivity (Wildman–Crippen MR) is 109 cm³/mol. The zero-order valence-corrected chi connectivity index (χ0v) is 16.8. The molecule has 4 aliphatic carbocycles. The second-order valence-electron chi connectivity index (χ2n) is 9.60. The molecule has 5 atom stereocenters. The number of ketones is 1. The van der Waals surface area contributed by atoms with Gasteiger partial charge in [0.2, 0.25) is 0 Å². The fraction of sp³-hybridized carbons (Fsp3) is 0.640. The molecular weight excluding hydrogens is 316 g/mol. The number of fused-ring (bicyclic) bond motifs is 4. The van der Waals surface area contributed by atoms with Crippen molar-refractivity contribution < 1.29 is 4.79 Å². The molecule has 0 radical (unpaired) electrons. The SMILES string of the molecule is C=C1CCC2C3CCC4=CC(=O)C=CC4(C)CC3=CC[C@@H](C)[C@]12CCC. The predicted octanol–water partition coefficient (Wildman–Crippen LogP) is 6.58. The summed E-state index contributed by atoms with van der Waals surface area (Å²) < 4.78 is 0. The number of carbonyl (C=O) groups excluding carboxylic acids is 1. The molecular formula is C25H34O. The molecule has 0 aromatic heterocycles. The Morgan fingerprint density at radius 1 is 1.27 bits per heavy atom. The Hall–Kier alpha value is -1.37. The minimum absolute atomic E-state index is 0.0467. The van der Waals surface area contributed by atoms with E-state index in [0.717, 1.165) is 18.8 Å². The van der Waals surface area contributed by atoms with Crippen molar-refractivity contribution in [2.45, 2.75) is 72.1 Å². The second-order valence-corrected chi connectivity index (χ2v) is 9.60. The maximum Gasteiger partial charge on any atom is 0.178 e. The molecule has 0 heterocycles. The van der Waals surface area contributed by atoms with Crippen LogP contribution in [0.1, 0.15) is 72.1 Å². The van der Waals surface area contributed by atoms with E-state index in [4.69, 9.17) is 0 Å². The van der Waals surface area contributed by atoms with Gasteiger partial charge < -0.3 is 0 Å². The van der Waals surface area contributed by atoms with Crippen LogP contribution in [0.3, 0.4) is 0 Å². The van der Waals surface area contributed by atoms with E-state index in [9.17, 15) is 4.79 Å². The topological polar surface area (TPSA) is 17.1 Å². The minimum atomic E-state index is 0.0467. The van der Waals surface area contributed by atoms with Gasteiger partial charge in [0, 0.05) is 5.41 Å². The summed E-state index contributed by atoms with van der Waals surface area (Å²) >= 11 is 0. The summed E-state index contributed by atoms with van der Waals surface area (Å²) in [6.07, 6.45) is 18.2. The fourth-order valence-electron chi connectivity index (χ4n) is 6.94. The fourth-order valence-corrected chi connectivity index (χ4v) is 6.94. The van der Waals surface area contributed by atoms with Crippen LogP contribution in [-0.2, 0) is 4.79 Å². The van der Waals surface area contributed by atoms with Crippen molar-refractivity contribution in [1.82, 2.24) is 0 Å². The zero-order chi connectivity index (χ0) is 18.5. The zero-order valence-electron chi connectivity index (χ0n) is 16.8. The average molecular weight is 351 g/mol. The maximum atomic E-state index is 12.0. The van der Waals surface area contributed by atoms with E-state index in [0.29, 0.717) is 17.3 Å². The quantitative estimate of drug-likeness (QED) is 0.514. The van der Waals surface area contributed by atoms with Gasteiger partial charge >= 0.3 is 0 Å². The van der Waals surface area contributed by atoms with Crippen LogP contribution in [0.4, 0.5) is 0 Å². The van der Waals surface area contributed by atoms with Gasteiger partial charge in [-0.15, -0.1) is 0 Å². The molecule has 0 bridgehead atoms. The molecule has 0 amide bonds. The highest BCUT2D eigenvalue weighted by atomic mass is 16.1. The molecule has 4 rings (SSSR count). The van der Waals surface area contributed by atoms with Gasteiger partial charge in [0.1, 0.15) is 0 Å². The van der Waals surface area contributed by atoms with Crippen LogP contribution in [-0.4, -0.2) is 5.78 Å². The average Bonchev–Trinajstić information content (AvgIpc) is 2.79. The van der Waals surface area contributed by atoms with Gasteiger partial charge in [0.05, 0.1) is 0 Å². The van der Waals surface area contributed by atoms with Crippen molar-refractivity contribution in [2.24, 2.45) is 28.6 Å². The van der Waals surface area contributed by atoms with Crippen molar-refractivity contribution in [2.75, 3.05) is 0 Å². The van der Waals surface area contributed by atoms with Crippen molar-refractivity contribution >= 4 is 5.78 Å². The summed E-state index contributed by atoms with van der Waals surface area (Å²) in [6.45, 7) is 11.7. The Morgan fingerprint density at radius 3 is 2.85 bits per heavy atom. The Kier molecular flexibility index (Phi) is 4.40. The van der Waals surface area contributed by atoms with Crippen LogP contribution in [0.25, 0.3) is 0 Å². The molecule has 26 heavy (non-hydrogen) atoms. The first-order valence-electron chi connectivity index (χ1n) is 10.7. The largest absolute Gasteiger partial charge is 0.290 e. The van der Waals surface area contributed by atoms with E-state index in [1.807, 2.05) is 6.08 Å². The molecule has 0 aromatic carbocycles. The van der Waals surface area contributed by atoms with Gasteiger partial charge in [-0.05, 0) is 80.3 Å². The molecule has 2 saturated carbocycles. The lowest BCUT2D eigenvalue weighted by Crippen LogP contribution is -2.37. The van der Waals surface area contributed by atoms with E-state index < -0.39 is 0 Å². The number of rotatable bonds is 2. The maximum absolute atomic E-state index is 12.0. The smallest absolute Gasteiger partial charge is 0.178 e. The van der Waals surface area contributed by atoms with Crippen LogP contribution in [0, 0.1) is 28.6 Å². The lowest BCUT2D eigenvalue weighted by Gasteiger charge is -2.44. The molecule has 2 fully saturated rings. The Morgan fingerprint density at radius 2 is 2.08 bits per heavy atom. The normalized spacial score (nSPS) is 42.2. The Labute approximate surface area is 159 Å². The summed E-state index contributed by atoms with van der Waals surface area (Å²) in [5.41, 5.74) is 4.97. The molecule has 0 aliphatic heterocycles. The highest BCUT2D eigenvalue weighted by molar-refractivity contribution is 6.01. The molecule has 0 spiro atoms. The van der Waals surface area contributed by atoms with E-state index in [2.05, 4.69) is 39.5 Å². The number of hydrogen-bond acceptors (Lipinski definition) is 1. The third kappa shape index (κ3) is 2.53. The van der Waals surface area contributed by atoms with E-state index >= 15 is 0 Å². The van der Waals surface area contributed by atoms with E-state index in [1.165, 1.54) is 49.7 Å². The van der Waals surface area contributed by atoms with Crippen molar-refractivity contribution in [3.8, 4) is 0 Å². The highest BCUT2D eigenvalue weighted by Gasteiger charge is 2.53. The summed E-state index contributed by atoms with van der Waals surface area (Å²) in [7, 11) is 0. The van der Waals surface area contributed by atoms with E-state index in [-0.39, 0.29) is 11.2 Å². The third-order valence-corrected chi connectivity index (χ3v) is 8.28. The molecule has 0 saturated heterocycles. The lowest BCUT2D eigenvalue weighted by atomic mass is 9.60. The van der Waals surface area contributed by atoms with Crippen LogP contribution in [0.5, 0.6) is 0 Å². The molecule has 0 N–H and O–H groups in total. The first kappa shape index (κ1) is 18.0.